The standard InChI is InChI=1S/C19H27F3N4O.HI/c1-25-8-2-3-15(13-24-18(23)26-9-11-27-12-10-26)17(25)14-4-6-16(7-5-14)19(20,21)22;/h4-7,15,17H,2-3,8-13H2,1H3,(H2,23,24);1H. The van der Waals surface area contributed by atoms with E-state index < -0.39 is 11.7 Å². The molecule has 1 aromatic carbocycles. The van der Waals surface area contributed by atoms with Crippen molar-refractivity contribution >= 4 is 29.9 Å². The number of aliphatic imine (C=N–C) groups is 1. The molecule has 3 rings (SSSR count). The molecule has 5 nitrogen and oxygen atoms in total. The van der Waals surface area contributed by atoms with Crippen molar-refractivity contribution < 1.29 is 17.9 Å². The summed E-state index contributed by atoms with van der Waals surface area (Å²) in [5, 5.41) is 0. The van der Waals surface area contributed by atoms with Crippen molar-refractivity contribution in [1.29, 1.82) is 0 Å². The molecule has 0 aliphatic carbocycles. The first-order chi connectivity index (χ1) is 12.9. The van der Waals surface area contributed by atoms with Crippen molar-refractivity contribution in [3.05, 3.63) is 35.4 Å². The van der Waals surface area contributed by atoms with Gasteiger partial charge in [0.15, 0.2) is 5.96 Å². The molecule has 0 bridgehead atoms. The fourth-order valence-corrected chi connectivity index (χ4v) is 3.95. The third-order valence-corrected chi connectivity index (χ3v) is 5.41. The van der Waals surface area contributed by atoms with Crippen LogP contribution in [-0.4, -0.2) is 62.2 Å². The summed E-state index contributed by atoms with van der Waals surface area (Å²) < 4.78 is 43.9. The van der Waals surface area contributed by atoms with Crippen molar-refractivity contribution in [3.63, 3.8) is 0 Å². The number of morpholine rings is 1. The summed E-state index contributed by atoms with van der Waals surface area (Å²) in [5.74, 6) is 0.748. The molecule has 0 spiro atoms. The number of hydrogen-bond donors (Lipinski definition) is 1. The lowest BCUT2D eigenvalue weighted by molar-refractivity contribution is -0.137. The van der Waals surface area contributed by atoms with Crippen LogP contribution in [0.25, 0.3) is 0 Å². The maximum absolute atomic E-state index is 12.8. The van der Waals surface area contributed by atoms with Crippen molar-refractivity contribution in [2.75, 3.05) is 46.4 Å². The molecule has 2 heterocycles. The van der Waals surface area contributed by atoms with Crippen LogP contribution < -0.4 is 5.73 Å². The van der Waals surface area contributed by atoms with Crippen LogP contribution in [0.3, 0.4) is 0 Å². The number of guanidine groups is 1. The van der Waals surface area contributed by atoms with E-state index in [4.69, 9.17) is 10.5 Å². The van der Waals surface area contributed by atoms with Gasteiger partial charge in [-0.25, -0.2) is 0 Å². The molecule has 2 aliphatic heterocycles. The molecular formula is C19H28F3IN4O. The predicted molar refractivity (Wildman–Crippen MR) is 114 cm³/mol. The van der Waals surface area contributed by atoms with Crippen LogP contribution in [0.1, 0.15) is 30.0 Å². The topological polar surface area (TPSA) is 54.1 Å². The Labute approximate surface area is 181 Å². The fraction of sp³-hybridized carbons (Fsp3) is 0.632. The molecular weight excluding hydrogens is 484 g/mol. The smallest absolute Gasteiger partial charge is 0.378 e. The van der Waals surface area contributed by atoms with Gasteiger partial charge in [-0.1, -0.05) is 12.1 Å². The Morgan fingerprint density at radius 2 is 1.82 bits per heavy atom. The van der Waals surface area contributed by atoms with Gasteiger partial charge < -0.3 is 15.4 Å². The van der Waals surface area contributed by atoms with E-state index >= 15 is 0 Å². The Morgan fingerprint density at radius 1 is 1.18 bits per heavy atom. The van der Waals surface area contributed by atoms with Gasteiger partial charge in [0, 0.05) is 25.7 Å². The van der Waals surface area contributed by atoms with Gasteiger partial charge in [-0.05, 0) is 50.0 Å². The van der Waals surface area contributed by atoms with Crippen LogP contribution in [0.5, 0.6) is 0 Å². The lowest BCUT2D eigenvalue weighted by atomic mass is 9.84. The zero-order valence-corrected chi connectivity index (χ0v) is 18.3. The zero-order chi connectivity index (χ0) is 19.4. The van der Waals surface area contributed by atoms with E-state index in [0.717, 1.165) is 38.0 Å². The van der Waals surface area contributed by atoms with Crippen LogP contribution >= 0.6 is 24.0 Å². The molecule has 2 atom stereocenters. The number of piperidine rings is 1. The van der Waals surface area contributed by atoms with Crippen LogP contribution in [-0.2, 0) is 10.9 Å². The highest BCUT2D eigenvalue weighted by Gasteiger charge is 2.33. The lowest BCUT2D eigenvalue weighted by Gasteiger charge is -2.39. The van der Waals surface area contributed by atoms with Gasteiger partial charge in [-0.3, -0.25) is 9.89 Å². The van der Waals surface area contributed by atoms with Crippen LogP contribution in [0.15, 0.2) is 29.3 Å². The number of alkyl halides is 3. The highest BCUT2D eigenvalue weighted by molar-refractivity contribution is 14.0. The maximum Gasteiger partial charge on any atom is 0.416 e. The Morgan fingerprint density at radius 3 is 2.43 bits per heavy atom. The van der Waals surface area contributed by atoms with Crippen LogP contribution in [0.2, 0.25) is 0 Å². The summed E-state index contributed by atoms with van der Waals surface area (Å²) >= 11 is 0. The number of nitrogens with zero attached hydrogens (tertiary/aromatic N) is 3. The largest absolute Gasteiger partial charge is 0.416 e. The first-order valence-corrected chi connectivity index (χ1v) is 9.36. The number of likely N-dealkylation sites (tertiary alicyclic amines) is 1. The second-order valence-electron chi connectivity index (χ2n) is 7.25. The maximum atomic E-state index is 12.8. The summed E-state index contributed by atoms with van der Waals surface area (Å²) in [4.78, 5) is 8.82. The minimum Gasteiger partial charge on any atom is -0.378 e. The third-order valence-electron chi connectivity index (χ3n) is 5.41. The average molecular weight is 512 g/mol. The normalized spacial score (nSPS) is 24.7. The Bertz CT molecular complexity index is 648. The van der Waals surface area contributed by atoms with E-state index in [-0.39, 0.29) is 35.9 Å². The van der Waals surface area contributed by atoms with Crippen molar-refractivity contribution in [2.24, 2.45) is 16.6 Å². The summed E-state index contributed by atoms with van der Waals surface area (Å²) in [6.07, 6.45) is -2.28. The summed E-state index contributed by atoms with van der Waals surface area (Å²) in [6, 6.07) is 5.57. The van der Waals surface area contributed by atoms with Gasteiger partial charge in [0.05, 0.1) is 18.8 Å². The van der Waals surface area contributed by atoms with E-state index in [2.05, 4.69) is 9.89 Å². The third kappa shape index (κ3) is 5.73. The molecule has 0 radical (unpaired) electrons. The molecule has 2 N–H and O–H groups in total. The molecule has 2 fully saturated rings. The molecule has 158 valence electrons. The minimum atomic E-state index is -4.31. The molecule has 2 saturated heterocycles. The zero-order valence-electron chi connectivity index (χ0n) is 16.0. The van der Waals surface area contributed by atoms with Gasteiger partial charge in [0.2, 0.25) is 0 Å². The summed E-state index contributed by atoms with van der Waals surface area (Å²) in [6.45, 7) is 4.27. The molecule has 0 saturated carbocycles. The monoisotopic (exact) mass is 512 g/mol. The van der Waals surface area contributed by atoms with E-state index in [1.807, 2.05) is 11.9 Å². The van der Waals surface area contributed by atoms with Crippen molar-refractivity contribution in [2.45, 2.75) is 25.1 Å². The Balaban J connectivity index is 0.00000280. The van der Waals surface area contributed by atoms with E-state index in [1.165, 1.54) is 12.1 Å². The van der Waals surface area contributed by atoms with Crippen LogP contribution in [0, 0.1) is 5.92 Å². The number of hydrogen-bond acceptors (Lipinski definition) is 3. The Hall–Kier alpha value is -1.07. The highest BCUT2D eigenvalue weighted by atomic mass is 127. The average Bonchev–Trinajstić information content (AvgIpc) is 2.66. The quantitative estimate of drug-likeness (QED) is 0.384. The first kappa shape index (κ1) is 23.2. The van der Waals surface area contributed by atoms with E-state index in [0.29, 0.717) is 25.7 Å². The van der Waals surface area contributed by atoms with Gasteiger partial charge in [-0.15, -0.1) is 24.0 Å². The number of ether oxygens (including phenoxy) is 1. The van der Waals surface area contributed by atoms with Gasteiger partial charge in [0.25, 0.3) is 0 Å². The second-order valence-corrected chi connectivity index (χ2v) is 7.25. The van der Waals surface area contributed by atoms with Gasteiger partial charge >= 0.3 is 6.18 Å². The van der Waals surface area contributed by atoms with Crippen molar-refractivity contribution in [3.8, 4) is 0 Å². The molecule has 28 heavy (non-hydrogen) atoms. The molecule has 0 amide bonds. The fourth-order valence-electron chi connectivity index (χ4n) is 3.95. The summed E-state index contributed by atoms with van der Waals surface area (Å²) in [5.41, 5.74) is 6.42. The minimum absolute atomic E-state index is 0. The molecule has 2 unspecified atom stereocenters. The Kier molecular flexibility index (Phi) is 8.38. The molecule has 1 aromatic rings. The molecule has 0 aromatic heterocycles. The van der Waals surface area contributed by atoms with Gasteiger partial charge in [-0.2, -0.15) is 13.2 Å². The predicted octanol–water partition coefficient (Wildman–Crippen LogP) is 3.35. The van der Waals surface area contributed by atoms with Crippen molar-refractivity contribution in [1.82, 2.24) is 9.80 Å². The first-order valence-electron chi connectivity index (χ1n) is 9.36. The number of benzene rings is 1. The van der Waals surface area contributed by atoms with E-state index in [9.17, 15) is 13.2 Å². The van der Waals surface area contributed by atoms with Gasteiger partial charge in [0.1, 0.15) is 0 Å². The lowest BCUT2D eigenvalue weighted by Crippen LogP contribution is -2.45. The number of nitrogens with two attached hydrogens (primary N) is 1. The molecule has 9 heteroatoms. The number of halogens is 4. The SMILES string of the molecule is CN1CCCC(CN=C(N)N2CCOCC2)C1c1ccc(C(F)(F)F)cc1.I. The van der Waals surface area contributed by atoms with E-state index in [1.54, 1.807) is 12.1 Å². The summed E-state index contributed by atoms with van der Waals surface area (Å²) in [7, 11) is 2.02. The molecule has 2 aliphatic rings. The van der Waals surface area contributed by atoms with Crippen LogP contribution in [0.4, 0.5) is 13.2 Å². The second kappa shape index (κ2) is 10.1. The highest BCUT2D eigenvalue weighted by Crippen LogP contribution is 2.37. The number of rotatable bonds is 3.